The predicted molar refractivity (Wildman–Crippen MR) is 54.9 cm³/mol. The number of benzene rings is 1. The third-order valence-corrected chi connectivity index (χ3v) is 1.82. The van der Waals surface area contributed by atoms with Gasteiger partial charge in [-0.1, -0.05) is 0 Å². The van der Waals surface area contributed by atoms with Crippen molar-refractivity contribution in [2.24, 2.45) is 5.73 Å². The van der Waals surface area contributed by atoms with Crippen LogP contribution in [0.25, 0.3) is 0 Å². The third-order valence-electron chi connectivity index (χ3n) is 1.82. The number of halogens is 1. The van der Waals surface area contributed by atoms with Gasteiger partial charge < -0.3 is 10.5 Å². The molecule has 0 radical (unpaired) electrons. The summed E-state index contributed by atoms with van der Waals surface area (Å²) < 4.78 is 17.4. The normalized spacial score (nSPS) is 10.9. The second-order valence-electron chi connectivity index (χ2n) is 2.90. The van der Waals surface area contributed by atoms with Crippen molar-refractivity contribution < 1.29 is 9.13 Å². The number of nitrogens with two attached hydrogens (primary N) is 1. The molecule has 0 amide bonds. The highest BCUT2D eigenvalue weighted by molar-refractivity contribution is 5.34. The smallest absolute Gasteiger partial charge is 0.119 e. The predicted octanol–water partition coefficient (Wildman–Crippen LogP) is 1.75. The Labute approximate surface area is 87.6 Å². The molecule has 0 aliphatic rings. The molecule has 4 heteroatoms. The molecule has 0 heterocycles. The van der Waals surface area contributed by atoms with E-state index in [0.717, 1.165) is 0 Å². The van der Waals surface area contributed by atoms with Gasteiger partial charge in [-0.25, -0.2) is 4.39 Å². The Kier molecular flexibility index (Phi) is 4.32. The second-order valence-corrected chi connectivity index (χ2v) is 2.90. The lowest BCUT2D eigenvalue weighted by atomic mass is 10.2. The van der Waals surface area contributed by atoms with Gasteiger partial charge in [-0.2, -0.15) is 5.26 Å². The lowest BCUT2D eigenvalue weighted by Gasteiger charge is -2.06. The molecule has 0 aliphatic heterocycles. The highest BCUT2D eigenvalue weighted by Gasteiger charge is 1.98. The minimum Gasteiger partial charge on any atom is -0.489 e. The topological polar surface area (TPSA) is 59.0 Å². The highest BCUT2D eigenvalue weighted by atomic mass is 19.1. The second kappa shape index (κ2) is 5.78. The van der Waals surface area contributed by atoms with Crippen molar-refractivity contribution in [1.82, 2.24) is 0 Å². The van der Waals surface area contributed by atoms with Crippen molar-refractivity contribution in [3.05, 3.63) is 41.7 Å². The lowest BCUT2D eigenvalue weighted by Crippen LogP contribution is -2.10. The first-order valence-electron chi connectivity index (χ1n) is 4.41. The van der Waals surface area contributed by atoms with E-state index >= 15 is 0 Å². The molecule has 0 aromatic heterocycles. The van der Waals surface area contributed by atoms with Crippen molar-refractivity contribution in [3.63, 3.8) is 0 Å². The molecule has 0 aliphatic carbocycles. The van der Waals surface area contributed by atoms with Crippen molar-refractivity contribution in [2.45, 2.75) is 0 Å². The van der Waals surface area contributed by atoms with Gasteiger partial charge in [-0.3, -0.25) is 0 Å². The SMILES string of the molecule is N#Cc1ccc(OCC(=CF)CN)cc1. The standard InChI is InChI=1S/C11H11FN2O/c12-5-10(7-14)8-15-11-3-1-9(6-13)2-4-11/h1-5H,7-8,14H2. The van der Waals surface area contributed by atoms with E-state index in [0.29, 0.717) is 23.2 Å². The summed E-state index contributed by atoms with van der Waals surface area (Å²) in [7, 11) is 0. The largest absolute Gasteiger partial charge is 0.489 e. The Morgan fingerprint density at radius 1 is 1.47 bits per heavy atom. The molecule has 15 heavy (non-hydrogen) atoms. The number of ether oxygens (including phenoxy) is 1. The molecule has 2 N–H and O–H groups in total. The van der Waals surface area contributed by atoms with Crippen LogP contribution in [0, 0.1) is 11.3 Å². The fraction of sp³-hybridized carbons (Fsp3) is 0.182. The Bertz CT molecular complexity index is 379. The van der Waals surface area contributed by atoms with E-state index in [9.17, 15) is 4.39 Å². The van der Waals surface area contributed by atoms with Gasteiger partial charge in [0, 0.05) is 12.1 Å². The molecule has 0 atom stereocenters. The van der Waals surface area contributed by atoms with E-state index in [2.05, 4.69) is 0 Å². The molecule has 1 rings (SSSR count). The molecule has 0 bridgehead atoms. The molecule has 0 spiro atoms. The first-order valence-corrected chi connectivity index (χ1v) is 4.41. The van der Waals surface area contributed by atoms with E-state index < -0.39 is 0 Å². The third kappa shape index (κ3) is 3.41. The Hall–Kier alpha value is -1.86. The summed E-state index contributed by atoms with van der Waals surface area (Å²) in [5.41, 5.74) is 6.21. The van der Waals surface area contributed by atoms with Crippen LogP contribution in [0.2, 0.25) is 0 Å². The molecular weight excluding hydrogens is 195 g/mol. The van der Waals surface area contributed by atoms with Gasteiger partial charge >= 0.3 is 0 Å². The number of rotatable bonds is 4. The summed E-state index contributed by atoms with van der Waals surface area (Å²) in [4.78, 5) is 0. The minimum absolute atomic E-state index is 0.124. The molecule has 0 saturated carbocycles. The Balaban J connectivity index is 2.55. The molecule has 0 saturated heterocycles. The van der Waals surface area contributed by atoms with Gasteiger partial charge in [-0.15, -0.1) is 0 Å². The van der Waals surface area contributed by atoms with E-state index in [-0.39, 0.29) is 13.2 Å². The average molecular weight is 206 g/mol. The van der Waals surface area contributed by atoms with Crippen molar-refractivity contribution >= 4 is 0 Å². The van der Waals surface area contributed by atoms with Crippen LogP contribution in [0.5, 0.6) is 5.75 Å². The van der Waals surface area contributed by atoms with E-state index in [4.69, 9.17) is 15.7 Å². The van der Waals surface area contributed by atoms with E-state index in [1.807, 2.05) is 6.07 Å². The fourth-order valence-corrected chi connectivity index (χ4v) is 0.937. The highest BCUT2D eigenvalue weighted by Crippen LogP contribution is 2.12. The van der Waals surface area contributed by atoms with Gasteiger partial charge in [0.1, 0.15) is 12.4 Å². The maximum absolute atomic E-state index is 12.1. The zero-order valence-electron chi connectivity index (χ0n) is 8.11. The van der Waals surface area contributed by atoms with Crippen LogP contribution >= 0.6 is 0 Å². The Morgan fingerprint density at radius 2 is 2.13 bits per heavy atom. The summed E-state index contributed by atoms with van der Waals surface area (Å²) in [5.74, 6) is 0.585. The van der Waals surface area contributed by atoms with Crippen LogP contribution in [-0.2, 0) is 0 Å². The number of hydrogen-bond donors (Lipinski definition) is 1. The molecule has 3 nitrogen and oxygen atoms in total. The average Bonchev–Trinajstić information content (AvgIpc) is 2.31. The summed E-state index contributed by atoms with van der Waals surface area (Å²) in [5, 5.41) is 8.56. The number of nitriles is 1. The zero-order valence-corrected chi connectivity index (χ0v) is 8.11. The number of nitrogens with zero attached hydrogens (tertiary/aromatic N) is 1. The molecule has 78 valence electrons. The molecule has 0 unspecified atom stereocenters. The first-order chi connectivity index (χ1) is 7.30. The molecule has 1 aromatic rings. The number of hydrogen-bond acceptors (Lipinski definition) is 3. The monoisotopic (exact) mass is 206 g/mol. The summed E-state index contributed by atoms with van der Waals surface area (Å²) in [6, 6.07) is 8.58. The van der Waals surface area contributed by atoms with Crippen LogP contribution in [0.15, 0.2) is 36.2 Å². The maximum atomic E-state index is 12.1. The van der Waals surface area contributed by atoms with Crippen LogP contribution in [-0.4, -0.2) is 13.2 Å². The Morgan fingerprint density at radius 3 is 2.60 bits per heavy atom. The van der Waals surface area contributed by atoms with Crippen LogP contribution < -0.4 is 10.5 Å². The molecule has 0 fully saturated rings. The molecule has 1 aromatic carbocycles. The fourth-order valence-electron chi connectivity index (χ4n) is 0.937. The van der Waals surface area contributed by atoms with Crippen LogP contribution in [0.3, 0.4) is 0 Å². The zero-order chi connectivity index (χ0) is 11.1. The lowest BCUT2D eigenvalue weighted by molar-refractivity contribution is 0.347. The van der Waals surface area contributed by atoms with Gasteiger partial charge in [-0.05, 0) is 24.3 Å². The van der Waals surface area contributed by atoms with Crippen molar-refractivity contribution in [2.75, 3.05) is 13.2 Å². The van der Waals surface area contributed by atoms with Gasteiger partial charge in [0.05, 0.1) is 18.0 Å². The first kappa shape index (κ1) is 11.2. The quantitative estimate of drug-likeness (QED) is 0.816. The van der Waals surface area contributed by atoms with Gasteiger partial charge in [0.25, 0.3) is 0 Å². The van der Waals surface area contributed by atoms with Crippen LogP contribution in [0.4, 0.5) is 4.39 Å². The van der Waals surface area contributed by atoms with E-state index in [1.54, 1.807) is 24.3 Å². The van der Waals surface area contributed by atoms with E-state index in [1.165, 1.54) is 0 Å². The minimum atomic E-state index is 0.124. The van der Waals surface area contributed by atoms with Crippen LogP contribution in [0.1, 0.15) is 5.56 Å². The summed E-state index contributed by atoms with van der Waals surface area (Å²) in [6.07, 6.45) is 0.448. The van der Waals surface area contributed by atoms with Gasteiger partial charge in [0.2, 0.25) is 0 Å². The summed E-state index contributed by atoms with van der Waals surface area (Å²) in [6.45, 7) is 0.256. The summed E-state index contributed by atoms with van der Waals surface area (Å²) >= 11 is 0. The van der Waals surface area contributed by atoms with Crippen molar-refractivity contribution in [1.29, 1.82) is 5.26 Å². The van der Waals surface area contributed by atoms with Gasteiger partial charge in [0.15, 0.2) is 0 Å². The molecular formula is C11H11FN2O. The maximum Gasteiger partial charge on any atom is 0.119 e. The van der Waals surface area contributed by atoms with Crippen molar-refractivity contribution in [3.8, 4) is 11.8 Å².